The van der Waals surface area contributed by atoms with Crippen molar-refractivity contribution in [1.82, 2.24) is 60.7 Å². The van der Waals surface area contributed by atoms with Crippen molar-refractivity contribution < 1.29 is 76.6 Å². The van der Waals surface area contributed by atoms with E-state index < -0.39 is 196 Å². The number of carbonyl (C=O) groups excluding carboxylic acids is 12. The third-order valence-electron chi connectivity index (χ3n) is 20.4. The van der Waals surface area contributed by atoms with Gasteiger partial charge in [-0.1, -0.05) is 61.5 Å². The number of aryl methyl sites for hydroxylation is 1. The summed E-state index contributed by atoms with van der Waals surface area (Å²) in [4.78, 5) is 204. The number of piperidine rings is 1. The topological polar surface area (TPSA) is 369 Å². The average molecular weight is 1410 g/mol. The van der Waals surface area contributed by atoms with E-state index in [0.29, 0.717) is 18.4 Å². The van der Waals surface area contributed by atoms with Crippen LogP contribution in [-0.2, 0) is 62.6 Å². The number of esters is 2. The van der Waals surface area contributed by atoms with Crippen LogP contribution < -0.4 is 32.0 Å². The second-order valence-corrected chi connectivity index (χ2v) is 30.7. The van der Waals surface area contributed by atoms with Crippen LogP contribution in [0, 0.1) is 37.5 Å². The fraction of sp³-hybridized carbons (Fsp3) is 0.662. The maximum Gasteiger partial charge on any atom is 0.329 e. The number of anilines is 1. The van der Waals surface area contributed by atoms with Crippen LogP contribution in [0.2, 0.25) is 0 Å². The highest BCUT2D eigenvalue weighted by atomic mass is 16.6. The Morgan fingerprint density at radius 2 is 1.03 bits per heavy atom. The third kappa shape index (κ3) is 15.8. The van der Waals surface area contributed by atoms with Gasteiger partial charge in [-0.25, -0.2) is 14.6 Å². The molecule has 0 unspecified atom stereocenters. The zero-order valence-electron chi connectivity index (χ0n) is 61.9. The van der Waals surface area contributed by atoms with E-state index >= 15 is 24.0 Å². The monoisotopic (exact) mass is 1410 g/mol. The molecule has 101 heavy (non-hydrogen) atoms. The lowest BCUT2D eigenvalue weighted by atomic mass is 9.78. The zero-order valence-corrected chi connectivity index (χ0v) is 61.9. The average Bonchev–Trinajstić information content (AvgIpc) is 1.42. The van der Waals surface area contributed by atoms with Gasteiger partial charge in [0.1, 0.15) is 71.8 Å². The molecule has 1 radical (unpaired) electrons. The highest BCUT2D eigenvalue weighted by Gasteiger charge is 2.50. The number of nitrogens with one attached hydrogen (secondary N) is 5. The molecule has 0 bridgehead atoms. The molecule has 1 aromatic carbocycles. The largest absolute Gasteiger partial charge is 0.458 e. The third-order valence-corrected chi connectivity index (χ3v) is 20.4. The van der Waals surface area contributed by atoms with Crippen LogP contribution in [0.25, 0.3) is 22.6 Å². The number of cyclic esters (lactones) is 2. The maximum absolute atomic E-state index is 16.1. The van der Waals surface area contributed by atoms with Crippen molar-refractivity contribution in [3.63, 3.8) is 0 Å². The van der Waals surface area contributed by atoms with Crippen molar-refractivity contribution in [1.29, 1.82) is 0 Å². The van der Waals surface area contributed by atoms with Gasteiger partial charge in [-0.15, -0.1) is 10.3 Å². The SMILES string of the molecule is Cc1c2oc3c(C)ccc(C(=O)N[C@@H]4C(=O)N[C@H](C(C)C)C(=O)N5CCC[C@H]5C(=O)N(C)CC(=O)N(C)[C@@H](C(C)C)C(=O)O[C@@H]4C)c3nc-2c(C(=O)N[C@@H]2C(=O)N[C@H](C(C)C)C(=O)N3CCC[C@H]3C(=O)N(C)CC(=O)N(C)[C@@H](C(C)C)C(=O)O[C@@H]2C)c(NC2CC(C)(C)N([O])C(C)(C)C2)c1=O. The van der Waals surface area contributed by atoms with E-state index in [9.17, 15) is 43.6 Å². The first-order chi connectivity index (χ1) is 47.0. The van der Waals surface area contributed by atoms with Crippen LogP contribution in [0.4, 0.5) is 5.69 Å². The molecular weight excluding hydrogens is 1310 g/mol. The van der Waals surface area contributed by atoms with E-state index in [1.54, 1.807) is 90.0 Å². The summed E-state index contributed by atoms with van der Waals surface area (Å²) in [6, 6.07) is -8.78. The summed E-state index contributed by atoms with van der Waals surface area (Å²) in [5, 5.41) is 29.1. The summed E-state index contributed by atoms with van der Waals surface area (Å²) < 4.78 is 18.8. The number of ether oxygens (including phenoxy) is 2. The number of rotatable bonds is 10. The molecule has 5 saturated heterocycles. The van der Waals surface area contributed by atoms with E-state index in [-0.39, 0.29) is 78.1 Å². The Balaban J connectivity index is 1.30. The van der Waals surface area contributed by atoms with Gasteiger partial charge in [0, 0.05) is 64.0 Å². The lowest BCUT2D eigenvalue weighted by molar-refractivity contribution is -0.288. The fourth-order valence-electron chi connectivity index (χ4n) is 15.0. The minimum Gasteiger partial charge on any atom is -0.458 e. The van der Waals surface area contributed by atoms with Crippen molar-refractivity contribution in [2.24, 2.45) is 23.7 Å². The van der Waals surface area contributed by atoms with E-state index in [0.717, 1.165) is 14.9 Å². The van der Waals surface area contributed by atoms with E-state index in [1.807, 2.05) is 0 Å². The first-order valence-corrected chi connectivity index (χ1v) is 34.9. The molecule has 6 aliphatic heterocycles. The van der Waals surface area contributed by atoms with Gasteiger partial charge in [0.15, 0.2) is 11.3 Å². The van der Waals surface area contributed by atoms with Crippen LogP contribution in [-0.4, -0.2) is 242 Å². The zero-order chi connectivity index (χ0) is 75.3. The minimum atomic E-state index is -1.93. The molecule has 6 heterocycles. The van der Waals surface area contributed by atoms with E-state index in [4.69, 9.17) is 18.9 Å². The molecule has 30 heteroatoms. The van der Waals surface area contributed by atoms with Gasteiger partial charge in [0.05, 0.1) is 29.9 Å². The summed E-state index contributed by atoms with van der Waals surface area (Å²) in [6.07, 6.45) is -1.50. The van der Waals surface area contributed by atoms with E-state index in [2.05, 4.69) is 26.6 Å². The maximum atomic E-state index is 16.1. The molecule has 30 nitrogen and oxygen atoms in total. The Bertz CT molecular complexity index is 3790. The Morgan fingerprint density at radius 1 is 0.604 bits per heavy atom. The molecule has 8 rings (SSSR count). The van der Waals surface area contributed by atoms with Crippen molar-refractivity contribution in [3.8, 4) is 11.5 Å². The van der Waals surface area contributed by atoms with Gasteiger partial charge in [-0.3, -0.25) is 52.7 Å². The Kier molecular flexibility index (Phi) is 23.5. The molecule has 5 N–H and O–H groups in total. The molecule has 1 aromatic rings. The number of hydroxylamine groups is 2. The molecule has 10 atom stereocenters. The van der Waals surface area contributed by atoms with Crippen LogP contribution in [0.3, 0.4) is 0 Å². The van der Waals surface area contributed by atoms with Gasteiger partial charge < -0.3 is 69.9 Å². The number of fused-ring (bicyclic) bond motifs is 4. The molecule has 553 valence electrons. The minimum absolute atomic E-state index is 0.0786. The normalized spacial score (nSPS) is 27.0. The van der Waals surface area contributed by atoms with Crippen molar-refractivity contribution in [2.75, 3.05) is 59.7 Å². The Hall–Kier alpha value is -8.80. The highest BCUT2D eigenvalue weighted by Crippen LogP contribution is 2.41. The van der Waals surface area contributed by atoms with Gasteiger partial charge in [-0.05, 0) is 129 Å². The Labute approximate surface area is 589 Å². The molecule has 10 amide bonds. The highest BCUT2D eigenvalue weighted by molar-refractivity contribution is 6.11. The fourth-order valence-corrected chi connectivity index (χ4v) is 15.0. The number of nitrogens with zero attached hydrogens (tertiary/aromatic N) is 8. The second kappa shape index (κ2) is 30.4. The molecule has 1 aliphatic carbocycles. The predicted molar refractivity (Wildman–Crippen MR) is 368 cm³/mol. The lowest BCUT2D eigenvalue weighted by Crippen LogP contribution is -2.61. The van der Waals surface area contributed by atoms with Crippen LogP contribution in [0.15, 0.2) is 21.3 Å². The van der Waals surface area contributed by atoms with E-state index in [1.165, 1.54) is 80.7 Å². The van der Waals surface area contributed by atoms with Crippen molar-refractivity contribution >= 4 is 87.8 Å². The second-order valence-electron chi connectivity index (χ2n) is 30.7. The lowest BCUT2D eigenvalue weighted by Gasteiger charge is -2.50. The predicted octanol–water partition coefficient (Wildman–Crippen LogP) is 2.92. The number of carbonyl (C=O) groups is 12. The summed E-state index contributed by atoms with van der Waals surface area (Å²) >= 11 is 0. The first kappa shape index (κ1) is 77.9. The van der Waals surface area contributed by atoms with Crippen LogP contribution in [0.1, 0.15) is 167 Å². The molecule has 5 fully saturated rings. The quantitative estimate of drug-likeness (QED) is 0.144. The molecule has 0 aromatic heterocycles. The van der Waals surface area contributed by atoms with Crippen LogP contribution >= 0.6 is 0 Å². The first-order valence-electron chi connectivity index (χ1n) is 34.9. The summed E-state index contributed by atoms with van der Waals surface area (Å²) in [7, 11) is 5.61. The molecular formula is C71H102N13O17. The van der Waals surface area contributed by atoms with Gasteiger partial charge in [0.2, 0.25) is 52.7 Å². The smallest absolute Gasteiger partial charge is 0.329 e. The number of hydrogen-bond donors (Lipinski definition) is 5. The molecule has 7 aliphatic rings. The molecule has 0 saturated carbocycles. The number of hydrogen-bond acceptors (Lipinski definition) is 19. The van der Waals surface area contributed by atoms with Crippen LogP contribution in [0.5, 0.6) is 0 Å². The number of amides is 10. The number of likely N-dealkylation sites (N-methyl/N-ethyl adjacent to an activating group) is 4. The van der Waals surface area contributed by atoms with Crippen molar-refractivity contribution in [3.05, 3.63) is 44.6 Å². The summed E-state index contributed by atoms with van der Waals surface area (Å²) in [5.41, 5.74) is -4.47. The van der Waals surface area contributed by atoms with Crippen molar-refractivity contribution in [2.45, 2.75) is 227 Å². The van der Waals surface area contributed by atoms with Gasteiger partial charge >= 0.3 is 11.9 Å². The number of aromatic nitrogens is 1. The van der Waals surface area contributed by atoms with Gasteiger partial charge in [0.25, 0.3) is 11.8 Å². The standard InChI is InChI=1S/C71H102N13O17/c1-33(2)48-66(94)82-27-21-23-43(82)64(92)78(17)31-45(85)80(19)55(35(5)6)68(96)99-39(11)50(62(90)74-48)76-60(88)42-26-25-37(9)58-52(42)73-54-47(53(57(87)38(10)59(54)101-58)72-41-29-70(13,14)84(98)71(15,16)30-41)61(89)77-51-40(12)100-69(97)56(36(7)8)81(20)46(86)32-79(18)65(93)44-24-22-28-83(44)67(95)49(34(3)4)75-63(51)91/h25-26,33-36,39-41,43-44,48-51,55-56,72H,21-24,27-32H2,1-20H3,(H,74,90)(H,75,91)(H,76,88)(H,77,89)/t39-,40-,43+,44+,48-,49-,50+,51+,55+,56+/m1/s1. The summed E-state index contributed by atoms with van der Waals surface area (Å²) in [6.45, 7) is 25.4. The number of benzene rings is 2. The van der Waals surface area contributed by atoms with Gasteiger partial charge in [-0.2, -0.15) is 0 Å². The molecule has 0 spiro atoms. The Morgan fingerprint density at radius 3 is 1.45 bits per heavy atom. The summed E-state index contributed by atoms with van der Waals surface area (Å²) in [5.74, 6) is -12.5.